The fourth-order valence-electron chi connectivity index (χ4n) is 3.28. The van der Waals surface area contributed by atoms with Crippen LogP contribution in [-0.4, -0.2) is 18.3 Å². The van der Waals surface area contributed by atoms with Crippen molar-refractivity contribution in [2.45, 2.75) is 6.61 Å². The Bertz CT molecular complexity index is 1320. The van der Waals surface area contributed by atoms with Crippen LogP contribution >= 0.6 is 34.4 Å². The molecule has 0 aromatic heterocycles. The zero-order chi connectivity index (χ0) is 23.4. The zero-order valence-corrected chi connectivity index (χ0v) is 20.4. The molecule has 0 bridgehead atoms. The van der Waals surface area contributed by atoms with Gasteiger partial charge in [-0.3, -0.25) is 9.59 Å². The molecule has 164 valence electrons. The molecule has 6 nitrogen and oxygen atoms in total. The Hall–Kier alpha value is -3.29. The molecule has 1 heterocycles. The van der Waals surface area contributed by atoms with E-state index in [-0.39, 0.29) is 11.8 Å². The lowest BCUT2D eigenvalue weighted by Crippen LogP contribution is -2.28. The van der Waals surface area contributed by atoms with E-state index >= 15 is 0 Å². The fourth-order valence-corrected chi connectivity index (χ4v) is 4.81. The van der Waals surface area contributed by atoms with Crippen LogP contribution in [0.2, 0.25) is 0 Å². The number of nitriles is 1. The Morgan fingerprint density at radius 1 is 1.06 bits per heavy atom. The molecule has 1 fully saturated rings. The van der Waals surface area contributed by atoms with Crippen molar-refractivity contribution in [3.05, 3.63) is 91.9 Å². The number of ether oxygens (including phenoxy) is 2. The number of hydrogen-bond acceptors (Lipinski definition) is 6. The van der Waals surface area contributed by atoms with E-state index < -0.39 is 5.91 Å². The lowest BCUT2D eigenvalue weighted by atomic mass is 10.1. The number of imide groups is 1. The van der Waals surface area contributed by atoms with Gasteiger partial charge in [0.2, 0.25) is 0 Å². The molecule has 0 N–H and O–H groups in total. The van der Waals surface area contributed by atoms with Crippen LogP contribution in [0.25, 0.3) is 6.08 Å². The van der Waals surface area contributed by atoms with Crippen LogP contribution in [0.3, 0.4) is 0 Å². The number of halogens is 1. The van der Waals surface area contributed by atoms with Gasteiger partial charge in [-0.15, -0.1) is 0 Å². The predicted octanol–water partition coefficient (Wildman–Crippen LogP) is 5.99. The molecular weight excluding hydrogens is 551 g/mol. The first kappa shape index (κ1) is 22.9. The minimum absolute atomic E-state index is 0.275. The zero-order valence-electron chi connectivity index (χ0n) is 17.4. The maximum atomic E-state index is 13.0. The first-order chi connectivity index (χ1) is 16.0. The third kappa shape index (κ3) is 4.89. The molecule has 1 aliphatic heterocycles. The maximum absolute atomic E-state index is 13.0. The number of carbonyl (C=O) groups excluding carboxylic acids is 2. The van der Waals surface area contributed by atoms with E-state index in [0.717, 1.165) is 31.4 Å². The maximum Gasteiger partial charge on any atom is 0.298 e. The number of nitrogens with zero attached hydrogens (tertiary/aromatic N) is 2. The van der Waals surface area contributed by atoms with Gasteiger partial charge in [-0.25, -0.2) is 4.90 Å². The highest BCUT2D eigenvalue weighted by Gasteiger charge is 2.37. The number of rotatable bonds is 6. The lowest BCUT2D eigenvalue weighted by molar-refractivity contribution is -0.113. The minimum atomic E-state index is -0.391. The van der Waals surface area contributed by atoms with Gasteiger partial charge in [0.1, 0.15) is 18.1 Å². The molecule has 1 aliphatic rings. The standard InChI is InChI=1S/C25H17IN2O4S/c1-31-22-9-5-4-8-20(22)28-24(29)23(33-25(28)30)13-16-10-11-21(19(26)12-16)32-15-18-7-3-2-6-17(18)14-27/h2-13H,15H2,1H3/b23-13-. The van der Waals surface area contributed by atoms with E-state index in [4.69, 9.17) is 9.47 Å². The highest BCUT2D eigenvalue weighted by atomic mass is 127. The molecule has 3 aromatic carbocycles. The van der Waals surface area contributed by atoms with Crippen molar-refractivity contribution in [1.29, 1.82) is 5.26 Å². The molecule has 4 rings (SSSR count). The number of methoxy groups -OCH3 is 1. The average Bonchev–Trinajstić information content (AvgIpc) is 3.11. The second-order valence-corrected chi connectivity index (χ2v) is 9.09. The Labute approximate surface area is 208 Å². The van der Waals surface area contributed by atoms with Crippen LogP contribution in [0, 0.1) is 14.9 Å². The van der Waals surface area contributed by atoms with Crippen molar-refractivity contribution in [1.82, 2.24) is 0 Å². The van der Waals surface area contributed by atoms with Gasteiger partial charge >= 0.3 is 0 Å². The van der Waals surface area contributed by atoms with Gasteiger partial charge in [-0.2, -0.15) is 5.26 Å². The summed E-state index contributed by atoms with van der Waals surface area (Å²) >= 11 is 3.05. The van der Waals surface area contributed by atoms with Crippen molar-refractivity contribution in [2.75, 3.05) is 12.0 Å². The fraction of sp³-hybridized carbons (Fsp3) is 0.0800. The molecule has 0 radical (unpaired) electrons. The first-order valence-corrected chi connectivity index (χ1v) is 11.7. The van der Waals surface area contributed by atoms with E-state index in [0.29, 0.717) is 27.7 Å². The molecule has 0 saturated carbocycles. The summed E-state index contributed by atoms with van der Waals surface area (Å²) in [5, 5.41) is 8.85. The molecule has 3 aromatic rings. The Morgan fingerprint density at radius 3 is 2.58 bits per heavy atom. The molecule has 0 spiro atoms. The summed E-state index contributed by atoms with van der Waals surface area (Å²) in [7, 11) is 1.50. The number of para-hydroxylation sites is 2. The normalized spacial score (nSPS) is 14.5. The van der Waals surface area contributed by atoms with E-state index in [9.17, 15) is 14.9 Å². The Kier molecular flexibility index (Phi) is 7.01. The third-order valence-corrected chi connectivity index (χ3v) is 6.61. The summed E-state index contributed by atoms with van der Waals surface area (Å²) in [5.41, 5.74) is 2.58. The SMILES string of the molecule is COc1ccccc1N1C(=O)S/C(=C\c2ccc(OCc3ccccc3C#N)c(I)c2)C1=O. The molecule has 33 heavy (non-hydrogen) atoms. The van der Waals surface area contributed by atoms with Gasteiger partial charge in [-0.05, 0) is 76.3 Å². The molecule has 2 amide bonds. The highest BCUT2D eigenvalue weighted by molar-refractivity contribution is 14.1. The first-order valence-electron chi connectivity index (χ1n) is 9.83. The highest BCUT2D eigenvalue weighted by Crippen LogP contribution is 2.39. The molecule has 8 heteroatoms. The van der Waals surface area contributed by atoms with E-state index in [1.54, 1.807) is 36.4 Å². The summed E-state index contributed by atoms with van der Waals surface area (Å²) in [5.74, 6) is 0.732. The third-order valence-electron chi connectivity index (χ3n) is 4.89. The summed E-state index contributed by atoms with van der Waals surface area (Å²) in [4.78, 5) is 27.0. The molecular formula is C25H17IN2O4S. The van der Waals surface area contributed by atoms with E-state index in [1.807, 2.05) is 36.4 Å². The second kappa shape index (κ2) is 10.1. The predicted molar refractivity (Wildman–Crippen MR) is 136 cm³/mol. The summed E-state index contributed by atoms with van der Waals surface area (Å²) in [6.45, 7) is 0.275. The topological polar surface area (TPSA) is 79.6 Å². The Balaban J connectivity index is 1.53. The summed E-state index contributed by atoms with van der Waals surface area (Å²) < 4.78 is 12.0. The van der Waals surface area contributed by atoms with Gasteiger partial charge in [0.25, 0.3) is 11.1 Å². The van der Waals surface area contributed by atoms with Gasteiger partial charge in [0.15, 0.2) is 0 Å². The molecule has 0 unspecified atom stereocenters. The summed E-state index contributed by atoms with van der Waals surface area (Å²) in [6.07, 6.45) is 1.69. The number of carbonyl (C=O) groups is 2. The van der Waals surface area contributed by atoms with Crippen molar-refractivity contribution in [3.63, 3.8) is 0 Å². The van der Waals surface area contributed by atoms with Crippen molar-refractivity contribution >= 4 is 57.3 Å². The van der Waals surface area contributed by atoms with Gasteiger partial charge < -0.3 is 9.47 Å². The van der Waals surface area contributed by atoms with Gasteiger partial charge in [-0.1, -0.05) is 36.4 Å². The quantitative estimate of drug-likeness (QED) is 0.269. The summed E-state index contributed by atoms with van der Waals surface area (Å²) in [6, 6.07) is 21.9. The number of hydrogen-bond donors (Lipinski definition) is 0. The van der Waals surface area contributed by atoms with Crippen LogP contribution in [0.5, 0.6) is 11.5 Å². The molecule has 1 saturated heterocycles. The van der Waals surface area contributed by atoms with Gasteiger partial charge in [0, 0.05) is 5.56 Å². The van der Waals surface area contributed by atoms with Gasteiger partial charge in [0.05, 0.1) is 32.9 Å². The van der Waals surface area contributed by atoms with Crippen LogP contribution < -0.4 is 14.4 Å². The van der Waals surface area contributed by atoms with Crippen molar-refractivity contribution < 1.29 is 19.1 Å². The van der Waals surface area contributed by atoms with Crippen LogP contribution in [0.1, 0.15) is 16.7 Å². The number of amides is 2. The minimum Gasteiger partial charge on any atom is -0.495 e. The Morgan fingerprint density at radius 2 is 1.82 bits per heavy atom. The van der Waals surface area contributed by atoms with Crippen LogP contribution in [0.15, 0.2) is 71.6 Å². The lowest BCUT2D eigenvalue weighted by Gasteiger charge is -2.15. The number of benzene rings is 3. The van der Waals surface area contributed by atoms with Crippen LogP contribution in [0.4, 0.5) is 10.5 Å². The van der Waals surface area contributed by atoms with Crippen LogP contribution in [-0.2, 0) is 11.4 Å². The largest absolute Gasteiger partial charge is 0.495 e. The molecule has 0 aliphatic carbocycles. The monoisotopic (exact) mass is 568 g/mol. The second-order valence-electron chi connectivity index (χ2n) is 6.94. The molecule has 0 atom stereocenters. The number of thioether (sulfide) groups is 1. The number of anilines is 1. The smallest absolute Gasteiger partial charge is 0.298 e. The average molecular weight is 568 g/mol. The van der Waals surface area contributed by atoms with Crippen molar-refractivity contribution in [3.8, 4) is 17.6 Å². The van der Waals surface area contributed by atoms with Crippen molar-refractivity contribution in [2.24, 2.45) is 0 Å². The van der Waals surface area contributed by atoms with E-state index in [1.165, 1.54) is 7.11 Å². The van der Waals surface area contributed by atoms with E-state index in [2.05, 4.69) is 28.7 Å².